The highest BCUT2D eigenvalue weighted by Gasteiger charge is 2.46. The van der Waals surface area contributed by atoms with Gasteiger partial charge in [-0.25, -0.2) is 0 Å². The Labute approximate surface area is 171 Å². The third-order valence-electron chi connectivity index (χ3n) is 6.00. The van der Waals surface area contributed by atoms with Gasteiger partial charge in [-0.05, 0) is 69.6 Å². The van der Waals surface area contributed by atoms with Crippen molar-refractivity contribution in [1.82, 2.24) is 9.96 Å². The normalized spacial score (nSPS) is 19.1. The first-order valence-electron chi connectivity index (χ1n) is 10.3. The molecule has 0 spiro atoms. The molecule has 1 aromatic carbocycles. The van der Waals surface area contributed by atoms with Gasteiger partial charge in [-0.2, -0.15) is 10.3 Å². The van der Waals surface area contributed by atoms with Gasteiger partial charge in [0.15, 0.2) is 0 Å². The van der Waals surface area contributed by atoms with Crippen LogP contribution in [0.15, 0.2) is 12.1 Å². The van der Waals surface area contributed by atoms with Gasteiger partial charge in [0.1, 0.15) is 5.54 Å². The van der Waals surface area contributed by atoms with Gasteiger partial charge in [-0.15, -0.1) is 0 Å². The summed E-state index contributed by atoms with van der Waals surface area (Å²) in [6.45, 7) is 9.26. The van der Waals surface area contributed by atoms with E-state index in [-0.39, 0.29) is 5.54 Å². The van der Waals surface area contributed by atoms with E-state index >= 15 is 0 Å². The summed E-state index contributed by atoms with van der Waals surface area (Å²) in [7, 11) is 4.97. The SMILES string of the molecule is COC.CON1CCC(C#N)(N(CCc2c(C)cc(C)cc2C)C2CC2)CC1. The third-order valence-corrected chi connectivity index (χ3v) is 6.00. The zero-order valence-electron chi connectivity index (χ0n) is 18.5. The molecule has 156 valence electrons. The maximum absolute atomic E-state index is 10.0. The van der Waals surface area contributed by atoms with Crippen LogP contribution in [0, 0.1) is 32.1 Å². The lowest BCUT2D eigenvalue weighted by Gasteiger charge is -2.44. The van der Waals surface area contributed by atoms with Gasteiger partial charge >= 0.3 is 0 Å². The third kappa shape index (κ3) is 5.55. The molecule has 1 heterocycles. The molecule has 0 N–H and O–H groups in total. The zero-order chi connectivity index (χ0) is 20.7. The fraction of sp³-hybridized carbons (Fsp3) is 0.696. The Morgan fingerprint density at radius 3 is 2.07 bits per heavy atom. The molecule has 0 aromatic heterocycles. The number of piperidine rings is 1. The van der Waals surface area contributed by atoms with Crippen LogP contribution in [0.2, 0.25) is 0 Å². The largest absolute Gasteiger partial charge is 0.388 e. The van der Waals surface area contributed by atoms with Crippen molar-refractivity contribution in [3.05, 3.63) is 34.4 Å². The van der Waals surface area contributed by atoms with Gasteiger partial charge in [-0.1, -0.05) is 17.7 Å². The molecule has 28 heavy (non-hydrogen) atoms. The van der Waals surface area contributed by atoms with Crippen LogP contribution in [0.4, 0.5) is 0 Å². The summed E-state index contributed by atoms with van der Waals surface area (Å²) >= 11 is 0. The van der Waals surface area contributed by atoms with E-state index in [1.807, 2.05) is 5.06 Å². The summed E-state index contributed by atoms with van der Waals surface area (Å²) in [5.74, 6) is 0. The van der Waals surface area contributed by atoms with Gasteiger partial charge in [0.2, 0.25) is 0 Å². The average molecular weight is 388 g/mol. The molecule has 5 heteroatoms. The van der Waals surface area contributed by atoms with Gasteiger partial charge in [0.25, 0.3) is 0 Å². The molecule has 0 atom stereocenters. The van der Waals surface area contributed by atoms with Crippen molar-refractivity contribution in [2.24, 2.45) is 0 Å². The molecule has 1 saturated carbocycles. The maximum Gasteiger partial charge on any atom is 0.112 e. The van der Waals surface area contributed by atoms with E-state index in [1.54, 1.807) is 21.3 Å². The first kappa shape index (κ1) is 22.8. The molecule has 2 fully saturated rings. The van der Waals surface area contributed by atoms with Gasteiger partial charge in [0.05, 0.1) is 13.2 Å². The van der Waals surface area contributed by atoms with Gasteiger partial charge < -0.3 is 9.57 Å². The lowest BCUT2D eigenvalue weighted by molar-refractivity contribution is -0.157. The minimum Gasteiger partial charge on any atom is -0.388 e. The number of benzene rings is 1. The summed E-state index contributed by atoms with van der Waals surface area (Å²) in [6.07, 6.45) is 5.26. The van der Waals surface area contributed by atoms with Crippen LogP contribution in [-0.2, 0) is 16.0 Å². The Kier molecular flexibility index (Phi) is 8.45. The molecule has 0 amide bonds. The van der Waals surface area contributed by atoms with Crippen molar-refractivity contribution in [3.63, 3.8) is 0 Å². The molecule has 3 rings (SSSR count). The van der Waals surface area contributed by atoms with E-state index in [1.165, 1.54) is 35.1 Å². The molecule has 2 aliphatic rings. The molecule has 1 aromatic rings. The first-order chi connectivity index (χ1) is 13.4. The minimum absolute atomic E-state index is 0.317. The number of aryl methyl sites for hydroxylation is 3. The number of nitrogens with zero attached hydrogens (tertiary/aromatic N) is 3. The summed E-state index contributed by atoms with van der Waals surface area (Å²) in [5, 5.41) is 12.0. The van der Waals surface area contributed by atoms with E-state index < -0.39 is 0 Å². The van der Waals surface area contributed by atoms with Gasteiger partial charge in [-0.3, -0.25) is 4.90 Å². The lowest BCUT2D eigenvalue weighted by atomic mass is 9.86. The Morgan fingerprint density at radius 1 is 1.11 bits per heavy atom. The summed E-state index contributed by atoms with van der Waals surface area (Å²) in [4.78, 5) is 7.89. The molecular weight excluding hydrogens is 350 g/mol. The molecule has 5 nitrogen and oxygen atoms in total. The van der Waals surface area contributed by atoms with Crippen LogP contribution in [0.1, 0.15) is 47.9 Å². The summed E-state index contributed by atoms with van der Waals surface area (Å²) in [6, 6.07) is 7.86. The Balaban J connectivity index is 0.000000878. The molecule has 1 saturated heterocycles. The second kappa shape index (κ2) is 10.4. The van der Waals surface area contributed by atoms with E-state index in [0.717, 1.165) is 38.9 Å². The molecule has 1 aliphatic carbocycles. The van der Waals surface area contributed by atoms with Crippen LogP contribution in [-0.4, -0.2) is 62.5 Å². The van der Waals surface area contributed by atoms with E-state index in [4.69, 9.17) is 4.84 Å². The number of ether oxygens (including phenoxy) is 1. The second-order valence-corrected chi connectivity index (χ2v) is 8.22. The van der Waals surface area contributed by atoms with E-state index in [9.17, 15) is 5.26 Å². The van der Waals surface area contributed by atoms with Crippen molar-refractivity contribution in [2.75, 3.05) is 41.0 Å². The van der Waals surface area contributed by atoms with Crippen molar-refractivity contribution in [1.29, 1.82) is 5.26 Å². The quantitative estimate of drug-likeness (QED) is 0.743. The Hall–Kier alpha value is -1.45. The van der Waals surface area contributed by atoms with Crippen LogP contribution in [0.3, 0.4) is 0 Å². The second-order valence-electron chi connectivity index (χ2n) is 8.22. The number of nitriles is 1. The average Bonchev–Trinajstić information content (AvgIpc) is 3.49. The maximum atomic E-state index is 10.0. The van der Waals surface area contributed by atoms with Crippen molar-refractivity contribution >= 4 is 0 Å². The number of hydrogen-bond acceptors (Lipinski definition) is 5. The van der Waals surface area contributed by atoms with Crippen LogP contribution in [0.5, 0.6) is 0 Å². The predicted molar refractivity (Wildman–Crippen MR) is 113 cm³/mol. The standard InChI is InChI=1S/C21H31N3O.C2H6O/c1-16-13-17(2)20(18(3)14-16)7-10-24(19-5-6-19)21(15-22)8-11-23(25-4)12-9-21;1-3-2/h13-14,19H,5-12H2,1-4H3;1-2H3. The molecule has 0 unspecified atom stereocenters. The Bertz CT molecular complexity index is 648. The summed E-state index contributed by atoms with van der Waals surface area (Å²) in [5.41, 5.74) is 5.24. The Morgan fingerprint density at radius 2 is 1.64 bits per heavy atom. The van der Waals surface area contributed by atoms with Crippen molar-refractivity contribution < 1.29 is 9.57 Å². The molecule has 0 bridgehead atoms. The topological polar surface area (TPSA) is 48.7 Å². The van der Waals surface area contributed by atoms with Crippen LogP contribution < -0.4 is 0 Å². The first-order valence-corrected chi connectivity index (χ1v) is 10.3. The fourth-order valence-electron chi connectivity index (χ4n) is 4.47. The zero-order valence-corrected chi connectivity index (χ0v) is 18.5. The van der Waals surface area contributed by atoms with E-state index in [0.29, 0.717) is 6.04 Å². The highest BCUT2D eigenvalue weighted by atomic mass is 16.7. The van der Waals surface area contributed by atoms with E-state index in [2.05, 4.69) is 48.6 Å². The van der Waals surface area contributed by atoms with Crippen LogP contribution >= 0.6 is 0 Å². The van der Waals surface area contributed by atoms with Gasteiger partial charge in [0, 0.05) is 39.9 Å². The van der Waals surface area contributed by atoms with Crippen molar-refractivity contribution in [3.8, 4) is 6.07 Å². The fourth-order valence-corrected chi connectivity index (χ4v) is 4.47. The number of hydrogen-bond donors (Lipinski definition) is 0. The number of rotatable bonds is 6. The smallest absolute Gasteiger partial charge is 0.112 e. The minimum atomic E-state index is -0.317. The highest BCUT2D eigenvalue weighted by Crippen LogP contribution is 2.38. The molecule has 1 aliphatic heterocycles. The molecule has 0 radical (unpaired) electrons. The number of hydroxylamine groups is 2. The predicted octanol–water partition coefficient (Wildman–Crippen LogP) is 3.80. The molecular formula is C23H37N3O2. The monoisotopic (exact) mass is 387 g/mol. The summed E-state index contributed by atoms with van der Waals surface area (Å²) < 4.78 is 4.25. The number of methoxy groups -OCH3 is 1. The lowest BCUT2D eigenvalue weighted by Crippen LogP contribution is -2.55. The highest BCUT2D eigenvalue weighted by molar-refractivity contribution is 5.37. The van der Waals surface area contributed by atoms with Crippen molar-refractivity contribution in [2.45, 2.75) is 64.5 Å². The van der Waals surface area contributed by atoms with Crippen LogP contribution in [0.25, 0.3) is 0 Å².